The molecule has 0 saturated carbocycles. The molecule has 21 heavy (non-hydrogen) atoms. The molecule has 1 rings (SSSR count). The first-order chi connectivity index (χ1) is 9.86. The highest BCUT2D eigenvalue weighted by molar-refractivity contribution is 6.34. The Kier molecular flexibility index (Phi) is 6.78. The Morgan fingerprint density at radius 2 is 2.00 bits per heavy atom. The molecule has 0 fully saturated rings. The van der Waals surface area contributed by atoms with E-state index in [2.05, 4.69) is 28.8 Å². The Labute approximate surface area is 132 Å². The van der Waals surface area contributed by atoms with Crippen LogP contribution in [0.4, 0.5) is 5.69 Å². The topological polar surface area (TPSA) is 65.1 Å². The van der Waals surface area contributed by atoms with Gasteiger partial charge in [-0.3, -0.25) is 0 Å². The number of likely N-dealkylation sites (N-methyl/N-ethyl adjacent to an activating group) is 1. The van der Waals surface area contributed by atoms with Gasteiger partial charge in [0.05, 0.1) is 10.6 Å². The molecule has 0 saturated heterocycles. The monoisotopic (exact) mass is 312 g/mol. The van der Waals surface area contributed by atoms with Crippen LogP contribution in [0.2, 0.25) is 5.02 Å². The van der Waals surface area contributed by atoms with Gasteiger partial charge < -0.3 is 20.7 Å². The minimum Gasteiger partial charge on any atom is -0.409 e. The Morgan fingerprint density at radius 1 is 1.33 bits per heavy atom. The molecule has 0 bridgehead atoms. The van der Waals surface area contributed by atoms with Crippen LogP contribution in [0.3, 0.4) is 0 Å². The summed E-state index contributed by atoms with van der Waals surface area (Å²) >= 11 is 6.24. The largest absolute Gasteiger partial charge is 0.409 e. The molecule has 0 aliphatic heterocycles. The first-order valence-electron chi connectivity index (χ1n) is 7.02. The predicted octanol–water partition coefficient (Wildman–Crippen LogP) is 2.46. The summed E-state index contributed by atoms with van der Waals surface area (Å²) in [6.07, 6.45) is 0. The summed E-state index contributed by atoms with van der Waals surface area (Å²) in [4.78, 5) is 4.35. The molecule has 0 aliphatic rings. The lowest BCUT2D eigenvalue weighted by Gasteiger charge is -2.30. The molecule has 3 N–H and O–H groups in total. The fourth-order valence-electron chi connectivity index (χ4n) is 2.15. The standard InChI is InChI=1S/C15H25ClN4O/c1-11(2)10-20(9-8-19(3)4)13-7-5-6-12(16)14(13)15(17)18-21/h5-7,11,21H,8-10H2,1-4H3,(H2,17,18). The number of hydrogen-bond acceptors (Lipinski definition) is 4. The van der Waals surface area contributed by atoms with Crippen molar-refractivity contribution in [2.24, 2.45) is 16.8 Å². The van der Waals surface area contributed by atoms with Gasteiger partial charge in [-0.1, -0.05) is 36.7 Å². The van der Waals surface area contributed by atoms with Crippen LogP contribution in [-0.4, -0.2) is 49.7 Å². The van der Waals surface area contributed by atoms with E-state index in [4.69, 9.17) is 22.5 Å². The van der Waals surface area contributed by atoms with Crippen molar-refractivity contribution in [3.05, 3.63) is 28.8 Å². The minimum atomic E-state index is 0.0363. The summed E-state index contributed by atoms with van der Waals surface area (Å²) in [6.45, 7) is 6.96. The maximum absolute atomic E-state index is 9.00. The first-order valence-corrected chi connectivity index (χ1v) is 7.40. The molecule has 5 nitrogen and oxygen atoms in total. The van der Waals surface area contributed by atoms with E-state index in [0.29, 0.717) is 16.5 Å². The molecular weight excluding hydrogens is 288 g/mol. The van der Waals surface area contributed by atoms with E-state index in [1.807, 2.05) is 26.2 Å². The SMILES string of the molecule is CC(C)CN(CCN(C)C)c1cccc(Cl)c1C(N)=NO. The van der Waals surface area contributed by atoms with Crippen molar-refractivity contribution in [3.63, 3.8) is 0 Å². The fraction of sp³-hybridized carbons (Fsp3) is 0.533. The van der Waals surface area contributed by atoms with E-state index in [0.717, 1.165) is 25.3 Å². The number of amidine groups is 1. The summed E-state index contributed by atoms with van der Waals surface area (Å²) in [5, 5.41) is 12.6. The highest BCUT2D eigenvalue weighted by Gasteiger charge is 2.18. The van der Waals surface area contributed by atoms with E-state index in [1.54, 1.807) is 6.07 Å². The molecular formula is C15H25ClN4O. The van der Waals surface area contributed by atoms with E-state index < -0.39 is 0 Å². The molecule has 0 aliphatic carbocycles. The first kappa shape index (κ1) is 17.6. The number of hydrogen-bond donors (Lipinski definition) is 2. The summed E-state index contributed by atoms with van der Waals surface area (Å²) in [7, 11) is 4.08. The lowest BCUT2D eigenvalue weighted by Crippen LogP contribution is -2.36. The Balaban J connectivity index is 3.20. The van der Waals surface area contributed by atoms with Crippen LogP contribution < -0.4 is 10.6 Å². The number of anilines is 1. The second-order valence-corrected chi connectivity index (χ2v) is 6.17. The normalized spacial score (nSPS) is 12.2. The Hall–Kier alpha value is -1.46. The summed E-state index contributed by atoms with van der Waals surface area (Å²) in [5.74, 6) is 0.528. The molecule has 0 radical (unpaired) electrons. The average Bonchev–Trinajstić information content (AvgIpc) is 2.41. The Bertz CT molecular complexity index is 489. The summed E-state index contributed by atoms with van der Waals surface area (Å²) in [5.41, 5.74) is 7.28. The van der Waals surface area contributed by atoms with Crippen LogP contribution in [0.25, 0.3) is 0 Å². The quantitative estimate of drug-likeness (QED) is 0.351. The van der Waals surface area contributed by atoms with Gasteiger partial charge in [0.25, 0.3) is 0 Å². The van der Waals surface area contributed by atoms with Crippen LogP contribution in [0.15, 0.2) is 23.4 Å². The lowest BCUT2D eigenvalue weighted by atomic mass is 10.1. The van der Waals surface area contributed by atoms with Gasteiger partial charge in [0, 0.05) is 25.3 Å². The highest BCUT2D eigenvalue weighted by Crippen LogP contribution is 2.28. The van der Waals surface area contributed by atoms with E-state index in [9.17, 15) is 0 Å². The van der Waals surface area contributed by atoms with Crippen molar-refractivity contribution < 1.29 is 5.21 Å². The van der Waals surface area contributed by atoms with Crippen molar-refractivity contribution in [1.82, 2.24) is 4.90 Å². The summed E-state index contributed by atoms with van der Waals surface area (Å²) in [6, 6.07) is 5.59. The number of halogens is 1. The van der Waals surface area contributed by atoms with Crippen LogP contribution in [0.1, 0.15) is 19.4 Å². The number of nitrogens with two attached hydrogens (primary N) is 1. The van der Waals surface area contributed by atoms with Gasteiger partial charge in [-0.25, -0.2) is 0 Å². The van der Waals surface area contributed by atoms with Crippen molar-refractivity contribution in [1.29, 1.82) is 0 Å². The third kappa shape index (κ3) is 5.10. The minimum absolute atomic E-state index is 0.0363. The molecule has 0 heterocycles. The van der Waals surface area contributed by atoms with Crippen LogP contribution >= 0.6 is 11.6 Å². The molecule has 6 heteroatoms. The van der Waals surface area contributed by atoms with Gasteiger partial charge in [-0.2, -0.15) is 0 Å². The lowest BCUT2D eigenvalue weighted by molar-refractivity contribution is 0.318. The zero-order valence-electron chi connectivity index (χ0n) is 13.2. The van der Waals surface area contributed by atoms with Crippen molar-refractivity contribution in [2.75, 3.05) is 38.6 Å². The predicted molar refractivity (Wildman–Crippen MR) is 89.6 cm³/mol. The van der Waals surface area contributed by atoms with Gasteiger partial charge in [0.1, 0.15) is 0 Å². The average molecular weight is 313 g/mol. The van der Waals surface area contributed by atoms with Crippen molar-refractivity contribution >= 4 is 23.1 Å². The second-order valence-electron chi connectivity index (χ2n) is 5.76. The highest BCUT2D eigenvalue weighted by atomic mass is 35.5. The van der Waals surface area contributed by atoms with E-state index in [1.165, 1.54) is 0 Å². The van der Waals surface area contributed by atoms with E-state index >= 15 is 0 Å². The Morgan fingerprint density at radius 3 is 2.52 bits per heavy atom. The van der Waals surface area contributed by atoms with Gasteiger partial charge >= 0.3 is 0 Å². The zero-order valence-corrected chi connectivity index (χ0v) is 13.9. The van der Waals surface area contributed by atoms with Crippen molar-refractivity contribution in [3.8, 4) is 0 Å². The molecule has 1 aromatic carbocycles. The number of oxime groups is 1. The molecule has 0 atom stereocenters. The number of benzene rings is 1. The molecule has 0 unspecified atom stereocenters. The maximum atomic E-state index is 9.00. The third-order valence-electron chi connectivity index (χ3n) is 3.10. The van der Waals surface area contributed by atoms with Crippen LogP contribution in [0.5, 0.6) is 0 Å². The number of rotatable bonds is 7. The molecule has 1 aromatic rings. The molecule has 0 spiro atoms. The van der Waals surface area contributed by atoms with Crippen LogP contribution in [0, 0.1) is 5.92 Å². The maximum Gasteiger partial charge on any atom is 0.173 e. The zero-order chi connectivity index (χ0) is 16.0. The molecule has 0 aromatic heterocycles. The number of nitrogens with zero attached hydrogens (tertiary/aromatic N) is 3. The molecule has 0 amide bonds. The van der Waals surface area contributed by atoms with Crippen LogP contribution in [-0.2, 0) is 0 Å². The van der Waals surface area contributed by atoms with Crippen molar-refractivity contribution in [2.45, 2.75) is 13.8 Å². The fourth-order valence-corrected chi connectivity index (χ4v) is 2.42. The van der Waals surface area contributed by atoms with Gasteiger partial charge in [-0.05, 0) is 32.1 Å². The van der Waals surface area contributed by atoms with Gasteiger partial charge in [0.2, 0.25) is 0 Å². The summed E-state index contributed by atoms with van der Waals surface area (Å²) < 4.78 is 0. The third-order valence-corrected chi connectivity index (χ3v) is 3.41. The van der Waals surface area contributed by atoms with E-state index in [-0.39, 0.29) is 5.84 Å². The second kappa shape index (κ2) is 8.10. The smallest absolute Gasteiger partial charge is 0.173 e. The molecule has 118 valence electrons. The van der Waals surface area contributed by atoms with Gasteiger partial charge in [0.15, 0.2) is 5.84 Å². The van der Waals surface area contributed by atoms with Gasteiger partial charge in [-0.15, -0.1) is 0 Å².